The molecule has 0 saturated heterocycles. The Labute approximate surface area is 62.6 Å². The Morgan fingerprint density at radius 2 is 2.30 bits per heavy atom. The van der Waals surface area contributed by atoms with Gasteiger partial charge in [0.15, 0.2) is 0 Å². The molecule has 0 bridgehead atoms. The molecule has 0 aliphatic heterocycles. The Morgan fingerprint density at radius 3 is 3.00 bits per heavy atom. The van der Waals surface area contributed by atoms with Crippen LogP contribution in [0.25, 0.3) is 0 Å². The molecule has 0 aromatic rings. The van der Waals surface area contributed by atoms with E-state index in [1.165, 1.54) is 18.4 Å². The van der Waals surface area contributed by atoms with Crippen LogP contribution in [-0.2, 0) is 0 Å². The minimum absolute atomic E-state index is 0.709. The van der Waals surface area contributed by atoms with E-state index < -0.39 is 0 Å². The summed E-state index contributed by atoms with van der Waals surface area (Å²) in [5.74, 6) is 0.709. The van der Waals surface area contributed by atoms with Gasteiger partial charge in [-0.1, -0.05) is 12.5 Å². The molecule has 1 aliphatic carbocycles. The fourth-order valence-corrected chi connectivity index (χ4v) is 1.38. The smallest absolute Gasteiger partial charge is 0.0316 e. The van der Waals surface area contributed by atoms with Crippen molar-refractivity contribution in [3.8, 4) is 0 Å². The van der Waals surface area contributed by atoms with Crippen molar-refractivity contribution in [2.75, 3.05) is 0 Å². The number of nitrogens with one attached hydrogen (secondary N) is 1. The molecule has 0 heterocycles. The van der Waals surface area contributed by atoms with Gasteiger partial charge >= 0.3 is 0 Å². The molecule has 0 saturated carbocycles. The first kappa shape index (κ1) is 7.52. The lowest BCUT2D eigenvalue weighted by Gasteiger charge is -2.04. The van der Waals surface area contributed by atoms with Crippen molar-refractivity contribution in [1.29, 1.82) is 5.41 Å². The van der Waals surface area contributed by atoms with Gasteiger partial charge in [0, 0.05) is 5.71 Å². The molecule has 1 nitrogen and oxygen atoms in total. The van der Waals surface area contributed by atoms with Crippen molar-refractivity contribution in [1.82, 2.24) is 0 Å². The van der Waals surface area contributed by atoms with Gasteiger partial charge in [0.05, 0.1) is 0 Å². The molecule has 1 heteroatoms. The average molecular weight is 137 g/mol. The van der Waals surface area contributed by atoms with Crippen LogP contribution in [0.4, 0.5) is 0 Å². The summed E-state index contributed by atoms with van der Waals surface area (Å²) in [6, 6.07) is 0. The monoisotopic (exact) mass is 137 g/mol. The van der Waals surface area contributed by atoms with Gasteiger partial charge in [-0.25, -0.2) is 0 Å². The van der Waals surface area contributed by atoms with Crippen LogP contribution >= 0.6 is 0 Å². The highest BCUT2D eigenvalue weighted by atomic mass is 14.4. The van der Waals surface area contributed by atoms with Crippen molar-refractivity contribution >= 4 is 5.71 Å². The summed E-state index contributed by atoms with van der Waals surface area (Å²) < 4.78 is 0. The van der Waals surface area contributed by atoms with E-state index in [-0.39, 0.29) is 0 Å². The third-order valence-electron chi connectivity index (χ3n) is 2.02. The lowest BCUT2D eigenvalue weighted by atomic mass is 10.0. The molecular formula is C9H15N. The SMILES string of the molecule is CC1=CC(=N)CC(C)CC1. The van der Waals surface area contributed by atoms with E-state index in [1.54, 1.807) is 0 Å². The second kappa shape index (κ2) is 3.00. The average Bonchev–Trinajstić information content (AvgIpc) is 1.93. The van der Waals surface area contributed by atoms with Crippen LogP contribution in [0.1, 0.15) is 33.1 Å². The third-order valence-corrected chi connectivity index (χ3v) is 2.02. The molecule has 1 unspecified atom stereocenters. The van der Waals surface area contributed by atoms with Crippen LogP contribution < -0.4 is 0 Å². The molecule has 0 radical (unpaired) electrons. The number of rotatable bonds is 0. The summed E-state index contributed by atoms with van der Waals surface area (Å²) in [6.45, 7) is 4.34. The topological polar surface area (TPSA) is 23.9 Å². The predicted molar refractivity (Wildman–Crippen MR) is 44.5 cm³/mol. The summed E-state index contributed by atoms with van der Waals surface area (Å²) in [5.41, 5.74) is 2.18. The minimum Gasteiger partial charge on any atom is -0.305 e. The van der Waals surface area contributed by atoms with Crippen LogP contribution in [0.2, 0.25) is 0 Å². The third kappa shape index (κ3) is 1.98. The molecule has 10 heavy (non-hydrogen) atoms. The summed E-state index contributed by atoms with van der Waals surface area (Å²) in [7, 11) is 0. The highest BCUT2D eigenvalue weighted by Crippen LogP contribution is 2.19. The quantitative estimate of drug-likeness (QED) is 0.531. The summed E-state index contributed by atoms with van der Waals surface area (Å²) in [6.07, 6.45) is 5.43. The molecule has 0 aromatic heterocycles. The van der Waals surface area contributed by atoms with Crippen molar-refractivity contribution < 1.29 is 0 Å². The largest absolute Gasteiger partial charge is 0.305 e. The Bertz CT molecular complexity index is 168. The van der Waals surface area contributed by atoms with E-state index in [0.29, 0.717) is 5.92 Å². The zero-order chi connectivity index (χ0) is 7.56. The second-order valence-electron chi connectivity index (χ2n) is 3.36. The zero-order valence-corrected chi connectivity index (χ0v) is 6.78. The van der Waals surface area contributed by atoms with Gasteiger partial charge in [-0.3, -0.25) is 0 Å². The van der Waals surface area contributed by atoms with Crippen molar-refractivity contribution in [2.45, 2.75) is 33.1 Å². The first-order chi connectivity index (χ1) is 4.68. The standard InChI is InChI=1S/C9H15N/c1-7-3-4-8(2)6-9(10)5-7/h5,8,10H,3-4,6H2,1-2H3. The molecular weight excluding hydrogens is 122 g/mol. The van der Waals surface area contributed by atoms with Crippen LogP contribution in [0.15, 0.2) is 11.6 Å². The molecule has 0 spiro atoms. The molecule has 1 N–H and O–H groups in total. The van der Waals surface area contributed by atoms with Gasteiger partial charge in [-0.05, 0) is 38.2 Å². The highest BCUT2D eigenvalue weighted by Gasteiger charge is 2.08. The van der Waals surface area contributed by atoms with E-state index in [1.807, 2.05) is 6.08 Å². The fourth-order valence-electron chi connectivity index (χ4n) is 1.38. The Hall–Kier alpha value is -0.590. The molecule has 1 atom stereocenters. The molecule has 56 valence electrons. The van der Waals surface area contributed by atoms with Gasteiger partial charge in [-0.15, -0.1) is 0 Å². The first-order valence-electron chi connectivity index (χ1n) is 3.93. The minimum atomic E-state index is 0.709. The molecule has 1 rings (SSSR count). The normalized spacial score (nSPS) is 27.6. The number of hydrogen-bond donors (Lipinski definition) is 1. The molecule has 0 amide bonds. The van der Waals surface area contributed by atoms with Gasteiger partial charge in [0.1, 0.15) is 0 Å². The Kier molecular flexibility index (Phi) is 2.25. The Balaban J connectivity index is 2.62. The van der Waals surface area contributed by atoms with Gasteiger partial charge in [0.25, 0.3) is 0 Å². The van der Waals surface area contributed by atoms with Crippen LogP contribution in [0.3, 0.4) is 0 Å². The predicted octanol–water partition coefficient (Wildman–Crippen LogP) is 2.77. The number of allylic oxidation sites excluding steroid dienone is 2. The molecule has 0 aromatic carbocycles. The summed E-state index contributed by atoms with van der Waals surface area (Å²) in [4.78, 5) is 0. The fraction of sp³-hybridized carbons (Fsp3) is 0.667. The van der Waals surface area contributed by atoms with E-state index in [2.05, 4.69) is 13.8 Å². The molecule has 1 aliphatic rings. The molecule has 0 fully saturated rings. The lowest BCUT2D eigenvalue weighted by Crippen LogP contribution is -1.98. The maximum Gasteiger partial charge on any atom is 0.0316 e. The zero-order valence-electron chi connectivity index (χ0n) is 6.78. The summed E-state index contributed by atoms with van der Waals surface area (Å²) >= 11 is 0. The maximum atomic E-state index is 7.51. The van der Waals surface area contributed by atoms with E-state index in [4.69, 9.17) is 5.41 Å². The van der Waals surface area contributed by atoms with Gasteiger partial charge in [0.2, 0.25) is 0 Å². The number of hydrogen-bond acceptors (Lipinski definition) is 1. The lowest BCUT2D eigenvalue weighted by molar-refractivity contribution is 0.558. The van der Waals surface area contributed by atoms with Gasteiger partial charge < -0.3 is 5.41 Å². The van der Waals surface area contributed by atoms with E-state index >= 15 is 0 Å². The van der Waals surface area contributed by atoms with Crippen LogP contribution in [0, 0.1) is 11.3 Å². The van der Waals surface area contributed by atoms with E-state index in [0.717, 1.165) is 12.1 Å². The summed E-state index contributed by atoms with van der Waals surface area (Å²) in [5, 5.41) is 7.51. The van der Waals surface area contributed by atoms with Crippen molar-refractivity contribution in [3.63, 3.8) is 0 Å². The van der Waals surface area contributed by atoms with Crippen molar-refractivity contribution in [3.05, 3.63) is 11.6 Å². The maximum absolute atomic E-state index is 7.51. The van der Waals surface area contributed by atoms with Gasteiger partial charge in [-0.2, -0.15) is 0 Å². The Morgan fingerprint density at radius 1 is 1.60 bits per heavy atom. The van der Waals surface area contributed by atoms with Crippen LogP contribution in [-0.4, -0.2) is 5.71 Å². The van der Waals surface area contributed by atoms with Crippen molar-refractivity contribution in [2.24, 2.45) is 5.92 Å². The van der Waals surface area contributed by atoms with E-state index in [9.17, 15) is 0 Å². The second-order valence-corrected chi connectivity index (χ2v) is 3.36. The highest BCUT2D eigenvalue weighted by molar-refractivity contribution is 5.93. The van der Waals surface area contributed by atoms with Crippen LogP contribution in [0.5, 0.6) is 0 Å². The first-order valence-corrected chi connectivity index (χ1v) is 3.93.